The van der Waals surface area contributed by atoms with Crippen LogP contribution in [0.4, 0.5) is 5.00 Å². The van der Waals surface area contributed by atoms with Crippen molar-refractivity contribution in [1.82, 2.24) is 0 Å². The van der Waals surface area contributed by atoms with Gasteiger partial charge in [-0.1, -0.05) is 0 Å². The molecule has 1 N–H and O–H groups in total. The van der Waals surface area contributed by atoms with E-state index in [1.165, 1.54) is 23.3 Å². The van der Waals surface area contributed by atoms with Crippen LogP contribution in [0.3, 0.4) is 0 Å². The highest BCUT2D eigenvalue weighted by atomic mass is 35.5. The zero-order valence-electron chi connectivity index (χ0n) is 14.7. The fourth-order valence-corrected chi connectivity index (χ4v) is 4.55. The van der Waals surface area contributed by atoms with Crippen molar-refractivity contribution in [3.63, 3.8) is 0 Å². The molecule has 1 heterocycles. The zero-order chi connectivity index (χ0) is 18.7. The second kappa shape index (κ2) is 8.10. The van der Waals surface area contributed by atoms with Crippen LogP contribution in [0.2, 0.25) is 0 Å². The number of halogens is 1. The number of carbonyl (C=O) groups is 2. The molecule has 0 saturated carbocycles. The van der Waals surface area contributed by atoms with Crippen LogP contribution in [0.1, 0.15) is 39.2 Å². The number of rotatable bonds is 6. The molecule has 0 fully saturated rings. The van der Waals surface area contributed by atoms with E-state index in [0.29, 0.717) is 27.6 Å². The fourth-order valence-electron chi connectivity index (χ4n) is 3.18. The highest BCUT2D eigenvalue weighted by Crippen LogP contribution is 2.40. The number of amides is 1. The van der Waals surface area contributed by atoms with Gasteiger partial charge in [-0.25, -0.2) is 0 Å². The van der Waals surface area contributed by atoms with Gasteiger partial charge in [0.25, 0.3) is 0 Å². The van der Waals surface area contributed by atoms with Crippen LogP contribution in [0.15, 0.2) is 18.2 Å². The minimum atomic E-state index is -0.313. The molecule has 0 radical (unpaired) electrons. The topological polar surface area (TPSA) is 64.6 Å². The Balaban J connectivity index is 2.05. The van der Waals surface area contributed by atoms with Crippen LogP contribution < -0.4 is 14.8 Å². The summed E-state index contributed by atoms with van der Waals surface area (Å²) >= 11 is 7.11. The van der Waals surface area contributed by atoms with E-state index in [0.717, 1.165) is 31.2 Å². The number of alkyl halides is 1. The molecular weight excluding hydrogens is 374 g/mol. The summed E-state index contributed by atoms with van der Waals surface area (Å²) in [5, 5.41) is 3.38. The summed E-state index contributed by atoms with van der Waals surface area (Å²) < 4.78 is 10.5. The summed E-state index contributed by atoms with van der Waals surface area (Å²) in [6.07, 6.45) is 3.92. The average Bonchev–Trinajstić information content (AvgIpc) is 3.04. The lowest BCUT2D eigenvalue weighted by molar-refractivity contribution is -0.113. The molecule has 1 aromatic heterocycles. The molecule has 0 atom stereocenters. The highest BCUT2D eigenvalue weighted by molar-refractivity contribution is 7.17. The van der Waals surface area contributed by atoms with Crippen LogP contribution in [0.5, 0.6) is 11.5 Å². The quantitative estimate of drug-likeness (QED) is 0.594. The number of hydrogen-bond acceptors (Lipinski definition) is 5. The third kappa shape index (κ3) is 3.57. The first kappa shape index (κ1) is 18.7. The molecule has 26 heavy (non-hydrogen) atoms. The van der Waals surface area contributed by atoms with Gasteiger partial charge in [-0.3, -0.25) is 9.59 Å². The molecule has 3 rings (SSSR count). The van der Waals surface area contributed by atoms with E-state index in [2.05, 4.69) is 5.32 Å². The SMILES string of the molecule is COc1ccc(C(=O)c2c(NC(=O)CCl)sc3c2CCCC3)cc1OC. The number of ether oxygens (including phenoxy) is 2. The number of nitrogens with one attached hydrogen (secondary N) is 1. The fraction of sp³-hybridized carbons (Fsp3) is 0.368. The van der Waals surface area contributed by atoms with E-state index in [1.807, 2.05) is 0 Å². The molecular formula is C19H20ClNO4S. The Morgan fingerprint density at radius 2 is 1.88 bits per heavy atom. The van der Waals surface area contributed by atoms with E-state index in [1.54, 1.807) is 25.3 Å². The van der Waals surface area contributed by atoms with Gasteiger partial charge in [-0.05, 0) is 49.4 Å². The van der Waals surface area contributed by atoms with Crippen LogP contribution in [0.25, 0.3) is 0 Å². The summed E-state index contributed by atoms with van der Waals surface area (Å²) in [5.74, 6) is 0.467. The molecule has 5 nitrogen and oxygen atoms in total. The Bertz CT molecular complexity index is 846. The number of aryl methyl sites for hydroxylation is 1. The maximum Gasteiger partial charge on any atom is 0.239 e. The van der Waals surface area contributed by atoms with E-state index in [-0.39, 0.29) is 17.6 Å². The monoisotopic (exact) mass is 393 g/mol. The van der Waals surface area contributed by atoms with Gasteiger partial charge in [0, 0.05) is 10.4 Å². The van der Waals surface area contributed by atoms with E-state index in [9.17, 15) is 9.59 Å². The van der Waals surface area contributed by atoms with E-state index in [4.69, 9.17) is 21.1 Å². The average molecular weight is 394 g/mol. The third-order valence-corrected chi connectivity index (χ3v) is 5.87. The Hall–Kier alpha value is -2.05. The van der Waals surface area contributed by atoms with Crippen molar-refractivity contribution >= 4 is 39.6 Å². The number of ketones is 1. The van der Waals surface area contributed by atoms with Crippen LogP contribution in [0, 0.1) is 0 Å². The molecule has 0 aliphatic heterocycles. The first-order valence-corrected chi connectivity index (χ1v) is 9.71. The lowest BCUT2D eigenvalue weighted by Gasteiger charge is -2.13. The van der Waals surface area contributed by atoms with Crippen molar-refractivity contribution in [2.75, 3.05) is 25.4 Å². The van der Waals surface area contributed by atoms with E-state index < -0.39 is 0 Å². The smallest absolute Gasteiger partial charge is 0.239 e. The molecule has 0 spiro atoms. The molecule has 1 amide bonds. The summed E-state index contributed by atoms with van der Waals surface area (Å²) in [7, 11) is 3.08. The van der Waals surface area contributed by atoms with Crippen molar-refractivity contribution in [3.05, 3.63) is 39.8 Å². The molecule has 2 aromatic rings. The Morgan fingerprint density at radius 1 is 1.15 bits per heavy atom. The number of carbonyl (C=O) groups excluding carboxylic acids is 2. The highest BCUT2D eigenvalue weighted by Gasteiger charge is 2.27. The Labute approximate surface area is 161 Å². The van der Waals surface area contributed by atoms with Gasteiger partial charge in [-0.15, -0.1) is 22.9 Å². The first-order chi connectivity index (χ1) is 12.6. The third-order valence-electron chi connectivity index (χ3n) is 4.42. The van der Waals surface area contributed by atoms with E-state index >= 15 is 0 Å². The van der Waals surface area contributed by atoms with Gasteiger partial charge in [0.05, 0.1) is 19.8 Å². The summed E-state index contributed by atoms with van der Waals surface area (Å²) in [4.78, 5) is 26.2. The van der Waals surface area contributed by atoms with Crippen LogP contribution >= 0.6 is 22.9 Å². The van der Waals surface area contributed by atoms with Gasteiger partial charge in [0.2, 0.25) is 5.91 Å². The van der Waals surface area contributed by atoms with Gasteiger partial charge < -0.3 is 14.8 Å². The van der Waals surface area contributed by atoms with Crippen LogP contribution in [-0.2, 0) is 17.6 Å². The van der Waals surface area contributed by atoms with Crippen molar-refractivity contribution in [3.8, 4) is 11.5 Å². The Kier molecular flexibility index (Phi) is 5.84. The maximum absolute atomic E-state index is 13.3. The van der Waals surface area contributed by atoms with Crippen molar-refractivity contribution < 1.29 is 19.1 Å². The predicted octanol–water partition coefficient (Wildman–Crippen LogP) is 4.05. The molecule has 0 unspecified atom stereocenters. The molecule has 7 heteroatoms. The molecule has 1 aliphatic carbocycles. The molecule has 1 aliphatic rings. The molecule has 138 valence electrons. The van der Waals surface area contributed by atoms with Crippen molar-refractivity contribution in [2.45, 2.75) is 25.7 Å². The second-order valence-electron chi connectivity index (χ2n) is 6.00. The number of hydrogen-bond donors (Lipinski definition) is 1. The number of anilines is 1. The first-order valence-electron chi connectivity index (χ1n) is 8.36. The van der Waals surface area contributed by atoms with Crippen molar-refractivity contribution in [1.29, 1.82) is 0 Å². The van der Waals surface area contributed by atoms with Gasteiger partial charge >= 0.3 is 0 Å². The maximum atomic E-state index is 13.3. The predicted molar refractivity (Wildman–Crippen MR) is 103 cm³/mol. The molecule has 0 bridgehead atoms. The Morgan fingerprint density at radius 3 is 2.58 bits per heavy atom. The number of methoxy groups -OCH3 is 2. The molecule has 1 aromatic carbocycles. The number of fused-ring (bicyclic) bond motifs is 1. The summed E-state index contributed by atoms with van der Waals surface area (Å²) in [6, 6.07) is 5.09. The standard InChI is InChI=1S/C19H20ClNO4S/c1-24-13-8-7-11(9-14(13)25-2)18(23)17-12-5-3-4-6-15(12)26-19(17)21-16(22)10-20/h7-9H,3-6,10H2,1-2H3,(H,21,22). The number of benzene rings is 1. The second-order valence-corrected chi connectivity index (χ2v) is 7.37. The molecule has 0 saturated heterocycles. The van der Waals surface area contributed by atoms with Gasteiger partial charge in [-0.2, -0.15) is 0 Å². The summed E-state index contributed by atoms with van der Waals surface area (Å²) in [5.41, 5.74) is 2.12. The lowest BCUT2D eigenvalue weighted by Crippen LogP contribution is -2.15. The van der Waals surface area contributed by atoms with Crippen LogP contribution in [-0.4, -0.2) is 31.8 Å². The zero-order valence-corrected chi connectivity index (χ0v) is 16.3. The summed E-state index contributed by atoms with van der Waals surface area (Å²) in [6.45, 7) is 0. The number of thiophene rings is 1. The lowest BCUT2D eigenvalue weighted by atomic mass is 9.92. The van der Waals surface area contributed by atoms with Crippen molar-refractivity contribution in [2.24, 2.45) is 0 Å². The van der Waals surface area contributed by atoms with Gasteiger partial charge in [0.1, 0.15) is 10.9 Å². The minimum absolute atomic E-state index is 0.129. The van der Waals surface area contributed by atoms with Gasteiger partial charge in [0.15, 0.2) is 17.3 Å². The normalized spacial score (nSPS) is 13.0. The minimum Gasteiger partial charge on any atom is -0.493 e. The largest absolute Gasteiger partial charge is 0.493 e.